The molecule has 1 heterocycles. The van der Waals surface area contributed by atoms with E-state index in [0.29, 0.717) is 12.3 Å². The summed E-state index contributed by atoms with van der Waals surface area (Å²) in [5.74, 6) is 1.61. The maximum Gasteiger partial charge on any atom is 0.324 e. The number of fused-ring (bicyclic) bond motifs is 1. The predicted molar refractivity (Wildman–Crippen MR) is 92.9 cm³/mol. The molecule has 1 aliphatic rings. The van der Waals surface area contributed by atoms with E-state index in [2.05, 4.69) is 23.1 Å². The van der Waals surface area contributed by atoms with Crippen molar-refractivity contribution in [1.82, 2.24) is 5.32 Å². The molecular weight excluding hydrogens is 287 g/mol. The molecule has 23 heavy (non-hydrogen) atoms. The zero-order chi connectivity index (χ0) is 16.2. The van der Waals surface area contributed by atoms with E-state index >= 15 is 0 Å². The van der Waals surface area contributed by atoms with Crippen LogP contribution < -0.4 is 15.5 Å². The van der Waals surface area contributed by atoms with Crippen LogP contribution in [0.4, 0.5) is 5.69 Å². The molecule has 2 aromatic carbocycles. The van der Waals surface area contributed by atoms with Crippen molar-refractivity contribution in [2.24, 2.45) is 0 Å². The fraction of sp³-hybridized carbons (Fsp3) is 0.278. The van der Waals surface area contributed by atoms with Crippen molar-refractivity contribution in [3.8, 4) is 11.5 Å². The van der Waals surface area contributed by atoms with Crippen LogP contribution in [-0.2, 0) is 17.7 Å². The van der Waals surface area contributed by atoms with Crippen LogP contribution in [0, 0.1) is 6.57 Å². The summed E-state index contributed by atoms with van der Waals surface area (Å²) in [5.41, 5.74) is 4.10. The van der Waals surface area contributed by atoms with E-state index < -0.39 is 0 Å². The van der Waals surface area contributed by atoms with Crippen LogP contribution in [0.15, 0.2) is 36.4 Å². The van der Waals surface area contributed by atoms with Gasteiger partial charge in [0.2, 0.25) is 0 Å². The summed E-state index contributed by atoms with van der Waals surface area (Å²) in [6.07, 6.45) is 0.820. The zero-order valence-corrected chi connectivity index (χ0v) is 13.4. The van der Waals surface area contributed by atoms with Gasteiger partial charge in [0.1, 0.15) is 11.5 Å². The number of hydrogen-bond donors (Lipinski definition) is 1. The fourth-order valence-corrected chi connectivity index (χ4v) is 2.79. The molecule has 2 aromatic rings. The van der Waals surface area contributed by atoms with Crippen molar-refractivity contribution in [2.75, 3.05) is 13.6 Å². The second-order valence-electron chi connectivity index (χ2n) is 5.67. The van der Waals surface area contributed by atoms with Crippen LogP contribution in [0.5, 0.6) is 11.5 Å². The van der Waals surface area contributed by atoms with Crippen LogP contribution in [0.3, 0.4) is 0 Å². The van der Waals surface area contributed by atoms with Gasteiger partial charge in [-0.25, -0.2) is 4.85 Å². The molecule has 1 N–H and O–H groups in total. The lowest BCUT2D eigenvalue weighted by molar-refractivity contribution is 0.333. The highest BCUT2D eigenvalue weighted by molar-refractivity contribution is 6.67. The van der Waals surface area contributed by atoms with Gasteiger partial charge in [0.25, 0.3) is 0 Å². The Bertz CT molecular complexity index is 755. The molecule has 0 spiro atoms. The lowest BCUT2D eigenvalue weighted by Crippen LogP contribution is -2.23. The number of rotatable bonds is 5. The van der Waals surface area contributed by atoms with Crippen LogP contribution in [0.2, 0.25) is 6.82 Å². The molecule has 0 unspecified atom stereocenters. The van der Waals surface area contributed by atoms with E-state index in [0.717, 1.165) is 30.0 Å². The largest absolute Gasteiger partial charge is 0.457 e. The average molecular weight is 306 g/mol. The first-order valence-electron chi connectivity index (χ1n) is 7.78. The molecule has 0 saturated heterocycles. The smallest absolute Gasteiger partial charge is 0.324 e. The summed E-state index contributed by atoms with van der Waals surface area (Å²) >= 11 is 0. The van der Waals surface area contributed by atoms with E-state index in [1.807, 2.05) is 31.3 Å². The number of hydrogen-bond acceptors (Lipinski definition) is 3. The van der Waals surface area contributed by atoms with Crippen molar-refractivity contribution in [2.45, 2.75) is 19.9 Å². The van der Waals surface area contributed by atoms with E-state index in [1.54, 1.807) is 6.07 Å². The molecule has 0 bridgehead atoms. The van der Waals surface area contributed by atoms with Gasteiger partial charge < -0.3 is 14.7 Å². The van der Waals surface area contributed by atoms with Gasteiger partial charge in [0, 0.05) is 0 Å². The standard InChI is InChI=1S/C18H19BN2O2/c1-19-17-6-5-16(11-14(17)12-22-19)23-18-7-4-15(21-3)10-13(18)8-9-20-2/h4-7,10-11,20H,8-9,12H2,1-2H3. The molecule has 3 rings (SSSR count). The van der Waals surface area contributed by atoms with Crippen LogP contribution in [-0.4, -0.2) is 20.5 Å². The Balaban J connectivity index is 1.86. The molecule has 1 aliphatic heterocycles. The third-order valence-electron chi connectivity index (χ3n) is 4.09. The molecule has 5 heteroatoms. The normalized spacial score (nSPS) is 12.8. The van der Waals surface area contributed by atoms with Gasteiger partial charge >= 0.3 is 6.92 Å². The number of nitrogens with one attached hydrogen (secondary N) is 1. The van der Waals surface area contributed by atoms with Crippen molar-refractivity contribution in [3.05, 3.63) is 58.9 Å². The van der Waals surface area contributed by atoms with E-state index in [9.17, 15) is 0 Å². The second kappa shape index (κ2) is 6.87. The third-order valence-corrected chi connectivity index (χ3v) is 4.09. The summed E-state index contributed by atoms with van der Waals surface area (Å²) in [4.78, 5) is 3.50. The lowest BCUT2D eigenvalue weighted by atomic mass is 9.64. The van der Waals surface area contributed by atoms with Gasteiger partial charge in [-0.15, -0.1) is 0 Å². The van der Waals surface area contributed by atoms with E-state index in [-0.39, 0.29) is 6.92 Å². The molecular formula is C18H19BN2O2. The minimum atomic E-state index is 0.156. The Kier molecular flexibility index (Phi) is 4.66. The predicted octanol–water partition coefficient (Wildman–Crippen LogP) is 3.15. The van der Waals surface area contributed by atoms with Gasteiger partial charge in [-0.1, -0.05) is 19.0 Å². The number of nitrogens with zero attached hydrogens (tertiary/aromatic N) is 1. The Morgan fingerprint density at radius 2 is 2.17 bits per heavy atom. The molecule has 0 atom stereocenters. The molecule has 116 valence electrons. The van der Waals surface area contributed by atoms with Gasteiger partial charge in [-0.2, -0.15) is 0 Å². The maximum absolute atomic E-state index is 7.17. The fourth-order valence-electron chi connectivity index (χ4n) is 2.79. The summed E-state index contributed by atoms with van der Waals surface area (Å²) in [6, 6.07) is 11.7. The van der Waals surface area contributed by atoms with Crippen LogP contribution in [0.1, 0.15) is 11.1 Å². The lowest BCUT2D eigenvalue weighted by Gasteiger charge is -2.13. The quantitative estimate of drug-likeness (QED) is 0.681. The Labute approximate surface area is 137 Å². The van der Waals surface area contributed by atoms with Gasteiger partial charge in [0.15, 0.2) is 5.69 Å². The summed E-state index contributed by atoms with van der Waals surface area (Å²) in [6.45, 7) is 10.9. The first-order chi connectivity index (χ1) is 11.2. The van der Waals surface area contributed by atoms with E-state index in [1.165, 1.54) is 11.0 Å². The topological polar surface area (TPSA) is 34.9 Å². The van der Waals surface area contributed by atoms with Crippen molar-refractivity contribution in [3.63, 3.8) is 0 Å². The Morgan fingerprint density at radius 1 is 1.30 bits per heavy atom. The molecule has 0 aliphatic carbocycles. The first kappa shape index (κ1) is 15.6. The van der Waals surface area contributed by atoms with Crippen molar-refractivity contribution < 1.29 is 9.39 Å². The van der Waals surface area contributed by atoms with E-state index in [4.69, 9.17) is 16.0 Å². The zero-order valence-electron chi connectivity index (χ0n) is 13.4. The minimum absolute atomic E-state index is 0.156. The van der Waals surface area contributed by atoms with Crippen LogP contribution >= 0.6 is 0 Å². The second-order valence-corrected chi connectivity index (χ2v) is 5.67. The first-order valence-corrected chi connectivity index (χ1v) is 7.78. The monoisotopic (exact) mass is 306 g/mol. The summed E-state index contributed by atoms with van der Waals surface area (Å²) in [5, 5.41) is 3.13. The number of ether oxygens (including phenoxy) is 1. The SMILES string of the molecule is [C-]#[N+]c1ccc(Oc2ccc3c(c2)COB3C)c(CCNC)c1. The molecule has 0 fully saturated rings. The molecule has 4 nitrogen and oxygen atoms in total. The average Bonchev–Trinajstić information content (AvgIpc) is 2.94. The van der Waals surface area contributed by atoms with Gasteiger partial charge in [-0.05, 0) is 60.9 Å². The Morgan fingerprint density at radius 3 is 2.96 bits per heavy atom. The summed E-state index contributed by atoms with van der Waals surface area (Å²) in [7, 11) is 1.92. The highest BCUT2D eigenvalue weighted by atomic mass is 16.5. The highest BCUT2D eigenvalue weighted by Crippen LogP contribution is 2.30. The third kappa shape index (κ3) is 3.39. The van der Waals surface area contributed by atoms with Gasteiger partial charge in [0.05, 0.1) is 13.2 Å². The van der Waals surface area contributed by atoms with Crippen molar-refractivity contribution in [1.29, 1.82) is 0 Å². The molecule has 0 saturated carbocycles. The highest BCUT2D eigenvalue weighted by Gasteiger charge is 2.23. The molecule has 0 aromatic heterocycles. The maximum atomic E-state index is 7.17. The number of likely N-dealkylation sites (N-methyl/N-ethyl adjacent to an activating group) is 1. The molecule has 0 amide bonds. The van der Waals surface area contributed by atoms with Crippen molar-refractivity contribution >= 4 is 18.1 Å². The summed E-state index contributed by atoms with van der Waals surface area (Å²) < 4.78 is 11.7. The van der Waals surface area contributed by atoms with Crippen LogP contribution in [0.25, 0.3) is 4.85 Å². The minimum Gasteiger partial charge on any atom is -0.457 e. The van der Waals surface area contributed by atoms with Gasteiger partial charge in [-0.3, -0.25) is 0 Å². The number of benzene rings is 2. The molecule has 0 radical (unpaired) electrons. The Hall–Kier alpha value is -2.29.